The molecular weight excluding hydrogens is 424 g/mol. The summed E-state index contributed by atoms with van der Waals surface area (Å²) in [7, 11) is 0. The highest BCUT2D eigenvalue weighted by molar-refractivity contribution is 5.95. The smallest absolute Gasteiger partial charge is 0.328 e. The van der Waals surface area contributed by atoms with Crippen molar-refractivity contribution in [1.29, 1.82) is 0 Å². The number of carboxylic acids is 3. The predicted molar refractivity (Wildman–Crippen MR) is 99.3 cm³/mol. The lowest BCUT2D eigenvalue weighted by Gasteiger charge is -2.26. The molecule has 0 aromatic carbocycles. The second-order valence-electron chi connectivity index (χ2n) is 6.51. The first-order valence-electron chi connectivity index (χ1n) is 8.92. The lowest BCUT2D eigenvalue weighted by molar-refractivity contribution is -0.144. The number of amides is 3. The van der Waals surface area contributed by atoms with Crippen LogP contribution in [-0.2, 0) is 28.8 Å². The molecule has 0 aromatic heterocycles. The molecule has 176 valence electrons. The quantitative estimate of drug-likeness (QED) is 0.121. The summed E-state index contributed by atoms with van der Waals surface area (Å²) in [4.78, 5) is 69.1. The van der Waals surface area contributed by atoms with Crippen molar-refractivity contribution < 1.29 is 54.3 Å². The molecule has 0 aliphatic carbocycles. The van der Waals surface area contributed by atoms with Crippen molar-refractivity contribution in [3.8, 4) is 0 Å². The van der Waals surface area contributed by atoms with Gasteiger partial charge in [-0.25, -0.2) is 4.79 Å². The molecule has 0 rings (SSSR count). The highest BCUT2D eigenvalue weighted by atomic mass is 16.4. The number of rotatable bonds is 14. The summed E-state index contributed by atoms with van der Waals surface area (Å²) >= 11 is 0. The first kappa shape index (κ1) is 27.7. The number of hydrogen-bond acceptors (Lipinski definition) is 9. The number of aliphatic hydroxyl groups is 2. The summed E-state index contributed by atoms with van der Waals surface area (Å²) in [5.41, 5.74) is 5.39. The molecule has 0 radical (unpaired) electrons. The number of nitrogens with two attached hydrogens (primary N) is 1. The van der Waals surface area contributed by atoms with Crippen molar-refractivity contribution in [2.75, 3.05) is 6.61 Å². The fourth-order valence-corrected chi connectivity index (χ4v) is 2.20. The predicted octanol–water partition coefficient (Wildman–Crippen LogP) is -4.43. The fourth-order valence-electron chi connectivity index (χ4n) is 2.20. The first-order chi connectivity index (χ1) is 14.3. The first-order valence-corrected chi connectivity index (χ1v) is 8.92. The Morgan fingerprint density at radius 1 is 0.839 bits per heavy atom. The van der Waals surface area contributed by atoms with Crippen LogP contribution in [0.1, 0.15) is 26.2 Å². The molecule has 0 aliphatic heterocycles. The Morgan fingerprint density at radius 3 is 1.81 bits per heavy atom. The molecule has 0 spiro atoms. The van der Waals surface area contributed by atoms with Gasteiger partial charge in [0.15, 0.2) is 0 Å². The molecule has 15 nitrogen and oxygen atoms in total. The van der Waals surface area contributed by atoms with Gasteiger partial charge in [-0.15, -0.1) is 0 Å². The standard InChI is InChI=1S/C16H26N4O11/c1-6(22)12(15(29)19-9(5-21)16(30)31)20-14(28)8(2-3-10(23)24)18-13(27)7(17)4-11(25)26/h6-9,12,21-22H,2-5,17H2,1H3,(H,18,27)(H,19,29)(H,20,28)(H,23,24)(H,25,26)(H,30,31). The van der Waals surface area contributed by atoms with Gasteiger partial charge in [0.2, 0.25) is 17.7 Å². The minimum atomic E-state index is -1.72. The molecule has 5 unspecified atom stereocenters. The Bertz CT molecular complexity index is 697. The topological polar surface area (TPSA) is 266 Å². The van der Waals surface area contributed by atoms with E-state index in [0.717, 1.165) is 6.92 Å². The number of carbonyl (C=O) groups excluding carboxylic acids is 3. The van der Waals surface area contributed by atoms with Crippen molar-refractivity contribution in [2.24, 2.45) is 5.73 Å². The molecule has 0 saturated carbocycles. The second-order valence-corrected chi connectivity index (χ2v) is 6.51. The van der Waals surface area contributed by atoms with Gasteiger partial charge in [0.1, 0.15) is 18.1 Å². The van der Waals surface area contributed by atoms with Crippen LogP contribution in [-0.4, -0.2) is 98.0 Å². The van der Waals surface area contributed by atoms with Crippen LogP contribution in [0.3, 0.4) is 0 Å². The van der Waals surface area contributed by atoms with Crippen LogP contribution in [0.2, 0.25) is 0 Å². The molecule has 31 heavy (non-hydrogen) atoms. The van der Waals surface area contributed by atoms with Crippen molar-refractivity contribution in [1.82, 2.24) is 16.0 Å². The maximum absolute atomic E-state index is 12.5. The number of carbonyl (C=O) groups is 6. The number of aliphatic hydroxyl groups excluding tert-OH is 2. The molecule has 5 atom stereocenters. The van der Waals surface area contributed by atoms with Crippen molar-refractivity contribution in [2.45, 2.75) is 56.5 Å². The zero-order valence-corrected chi connectivity index (χ0v) is 16.5. The van der Waals surface area contributed by atoms with Crippen LogP contribution >= 0.6 is 0 Å². The molecule has 0 aromatic rings. The SMILES string of the molecule is CC(O)C(NC(=O)C(CCC(=O)O)NC(=O)C(N)CC(=O)O)C(=O)NC(CO)C(=O)O. The third-order valence-electron chi connectivity index (χ3n) is 3.87. The summed E-state index contributed by atoms with van der Waals surface area (Å²) in [6.07, 6.45) is -3.38. The lowest BCUT2D eigenvalue weighted by Crippen LogP contribution is -2.60. The molecular formula is C16H26N4O11. The van der Waals surface area contributed by atoms with Gasteiger partial charge in [-0.1, -0.05) is 0 Å². The van der Waals surface area contributed by atoms with Crippen molar-refractivity contribution >= 4 is 35.6 Å². The molecule has 0 heterocycles. The van der Waals surface area contributed by atoms with E-state index in [4.69, 9.17) is 26.2 Å². The van der Waals surface area contributed by atoms with Gasteiger partial charge in [0.25, 0.3) is 0 Å². The second kappa shape index (κ2) is 13.1. The van der Waals surface area contributed by atoms with E-state index >= 15 is 0 Å². The van der Waals surface area contributed by atoms with Crippen LogP contribution in [0.5, 0.6) is 0 Å². The number of aliphatic carboxylic acids is 3. The van der Waals surface area contributed by atoms with Gasteiger partial charge in [0.05, 0.1) is 25.2 Å². The van der Waals surface area contributed by atoms with Crippen LogP contribution in [0.25, 0.3) is 0 Å². The van der Waals surface area contributed by atoms with Crippen LogP contribution in [0.4, 0.5) is 0 Å². The molecule has 0 saturated heterocycles. The van der Waals surface area contributed by atoms with E-state index in [9.17, 15) is 33.9 Å². The molecule has 0 fully saturated rings. The Morgan fingerprint density at radius 2 is 1.39 bits per heavy atom. The number of carboxylic acid groups (broad SMARTS) is 3. The zero-order chi connectivity index (χ0) is 24.3. The van der Waals surface area contributed by atoms with Crippen LogP contribution < -0.4 is 21.7 Å². The Labute approximate surface area is 175 Å². The van der Waals surface area contributed by atoms with E-state index in [1.54, 1.807) is 0 Å². The van der Waals surface area contributed by atoms with E-state index in [1.807, 2.05) is 5.32 Å². The van der Waals surface area contributed by atoms with Gasteiger partial charge in [-0.2, -0.15) is 0 Å². The zero-order valence-electron chi connectivity index (χ0n) is 16.5. The maximum atomic E-state index is 12.5. The number of nitrogens with one attached hydrogen (secondary N) is 3. The molecule has 15 heteroatoms. The Balaban J connectivity index is 5.42. The minimum absolute atomic E-state index is 0.463. The average molecular weight is 450 g/mol. The fraction of sp³-hybridized carbons (Fsp3) is 0.625. The van der Waals surface area contributed by atoms with Crippen LogP contribution in [0.15, 0.2) is 0 Å². The lowest BCUT2D eigenvalue weighted by atomic mass is 10.1. The van der Waals surface area contributed by atoms with Gasteiger partial charge in [-0.3, -0.25) is 24.0 Å². The Hall–Kier alpha value is -3.30. The summed E-state index contributed by atoms with van der Waals surface area (Å²) in [6.45, 7) is 0.118. The van der Waals surface area contributed by atoms with E-state index < -0.39 is 91.8 Å². The summed E-state index contributed by atoms with van der Waals surface area (Å²) in [6, 6.07) is -6.56. The molecule has 10 N–H and O–H groups in total. The summed E-state index contributed by atoms with van der Waals surface area (Å²) in [5, 5.41) is 51.1. The summed E-state index contributed by atoms with van der Waals surface area (Å²) in [5.74, 6) is -7.65. The van der Waals surface area contributed by atoms with Gasteiger partial charge >= 0.3 is 17.9 Å². The van der Waals surface area contributed by atoms with Gasteiger partial charge < -0.3 is 47.2 Å². The highest BCUT2D eigenvalue weighted by Gasteiger charge is 2.33. The summed E-state index contributed by atoms with van der Waals surface area (Å²) < 4.78 is 0. The highest BCUT2D eigenvalue weighted by Crippen LogP contribution is 2.03. The molecule has 0 aliphatic rings. The van der Waals surface area contributed by atoms with E-state index in [2.05, 4.69) is 10.6 Å². The third-order valence-corrected chi connectivity index (χ3v) is 3.87. The third kappa shape index (κ3) is 10.3. The van der Waals surface area contributed by atoms with E-state index in [1.165, 1.54) is 0 Å². The Kier molecular flexibility index (Phi) is 11.7. The van der Waals surface area contributed by atoms with Gasteiger partial charge in [0, 0.05) is 6.42 Å². The van der Waals surface area contributed by atoms with Crippen molar-refractivity contribution in [3.05, 3.63) is 0 Å². The van der Waals surface area contributed by atoms with Gasteiger partial charge in [-0.05, 0) is 13.3 Å². The van der Waals surface area contributed by atoms with E-state index in [0.29, 0.717) is 0 Å². The normalized spacial score (nSPS) is 15.5. The largest absolute Gasteiger partial charge is 0.481 e. The average Bonchev–Trinajstić information content (AvgIpc) is 2.65. The van der Waals surface area contributed by atoms with Crippen molar-refractivity contribution in [3.63, 3.8) is 0 Å². The molecule has 0 bridgehead atoms. The molecule has 3 amide bonds. The van der Waals surface area contributed by atoms with Crippen LogP contribution in [0, 0.1) is 0 Å². The monoisotopic (exact) mass is 450 g/mol. The van der Waals surface area contributed by atoms with E-state index in [-0.39, 0.29) is 0 Å². The maximum Gasteiger partial charge on any atom is 0.328 e. The number of hydrogen-bond donors (Lipinski definition) is 9. The minimum Gasteiger partial charge on any atom is -0.481 e.